The molecule has 0 spiro atoms. The molecule has 2 amide bonds. The van der Waals surface area contributed by atoms with E-state index in [1.807, 2.05) is 0 Å². The number of imide groups is 1. The van der Waals surface area contributed by atoms with E-state index in [4.69, 9.17) is 0 Å². The van der Waals surface area contributed by atoms with E-state index in [-0.39, 0.29) is 11.8 Å². The highest BCUT2D eigenvalue weighted by Gasteiger charge is 2.34. The van der Waals surface area contributed by atoms with Crippen LogP contribution < -0.4 is 0 Å². The summed E-state index contributed by atoms with van der Waals surface area (Å²) in [5.74, 6) is -0.279. The van der Waals surface area contributed by atoms with Gasteiger partial charge in [0.15, 0.2) is 0 Å². The molecule has 0 atom stereocenters. The van der Waals surface area contributed by atoms with Crippen LogP contribution in [0.1, 0.15) is 27.1 Å². The van der Waals surface area contributed by atoms with Gasteiger partial charge in [-0.05, 0) is 25.1 Å². The van der Waals surface area contributed by atoms with E-state index in [0.717, 1.165) is 13.0 Å². The fourth-order valence-corrected chi connectivity index (χ4v) is 7.51. The van der Waals surface area contributed by atoms with E-state index >= 15 is 0 Å². The molecule has 21 heavy (non-hydrogen) atoms. The van der Waals surface area contributed by atoms with Gasteiger partial charge in [-0.25, -0.2) is 0 Å². The zero-order chi connectivity index (χ0) is 15.6. The molecular weight excluding hydrogens is 296 g/mol. The van der Waals surface area contributed by atoms with Crippen molar-refractivity contribution >= 4 is 29.7 Å². The fraction of sp³-hybridized carbons (Fsp3) is 0.467. The SMILES string of the molecule is C[Si](C)N(CCCN1C(=O)c2ccccc2C1=O)[Si](C)C. The molecule has 0 N–H and O–H groups in total. The molecule has 0 saturated carbocycles. The average molecular weight is 319 g/mol. The van der Waals surface area contributed by atoms with E-state index < -0.39 is 17.9 Å². The second kappa shape index (κ2) is 6.68. The summed E-state index contributed by atoms with van der Waals surface area (Å²) in [6, 6.07) is 7.09. The molecule has 0 saturated heterocycles. The topological polar surface area (TPSA) is 40.6 Å². The lowest BCUT2D eigenvalue weighted by atomic mass is 10.1. The number of nitrogens with zero attached hydrogens (tertiary/aromatic N) is 2. The van der Waals surface area contributed by atoms with Gasteiger partial charge >= 0.3 is 0 Å². The largest absolute Gasteiger partial charge is 0.347 e. The molecule has 4 nitrogen and oxygen atoms in total. The summed E-state index contributed by atoms with van der Waals surface area (Å²) in [7, 11) is -0.915. The van der Waals surface area contributed by atoms with Gasteiger partial charge in [-0.15, -0.1) is 0 Å². The molecule has 112 valence electrons. The highest BCUT2D eigenvalue weighted by Crippen LogP contribution is 2.22. The van der Waals surface area contributed by atoms with Gasteiger partial charge in [0, 0.05) is 6.54 Å². The zero-order valence-electron chi connectivity index (χ0n) is 13.1. The Hall–Kier alpha value is -1.25. The van der Waals surface area contributed by atoms with Gasteiger partial charge < -0.3 is 4.23 Å². The minimum atomic E-state index is -0.458. The Morgan fingerprint density at radius 2 is 1.43 bits per heavy atom. The van der Waals surface area contributed by atoms with Crippen molar-refractivity contribution in [3.8, 4) is 0 Å². The van der Waals surface area contributed by atoms with Gasteiger partial charge in [-0.3, -0.25) is 14.5 Å². The first-order valence-corrected chi connectivity index (χ1v) is 12.2. The predicted molar refractivity (Wildman–Crippen MR) is 88.1 cm³/mol. The lowest BCUT2D eigenvalue weighted by Crippen LogP contribution is -2.44. The van der Waals surface area contributed by atoms with Crippen molar-refractivity contribution in [2.45, 2.75) is 32.6 Å². The second-order valence-electron chi connectivity index (χ2n) is 5.71. The highest BCUT2D eigenvalue weighted by molar-refractivity contribution is 6.69. The van der Waals surface area contributed by atoms with E-state index in [2.05, 4.69) is 30.4 Å². The van der Waals surface area contributed by atoms with Crippen LogP contribution in [0.2, 0.25) is 26.2 Å². The zero-order valence-corrected chi connectivity index (χ0v) is 15.1. The van der Waals surface area contributed by atoms with Crippen molar-refractivity contribution in [2.75, 3.05) is 13.1 Å². The molecule has 2 radical (unpaired) electrons. The first-order chi connectivity index (χ1) is 9.93. The van der Waals surface area contributed by atoms with Gasteiger partial charge in [-0.1, -0.05) is 38.3 Å². The van der Waals surface area contributed by atoms with Crippen LogP contribution in [-0.4, -0.2) is 52.0 Å². The Balaban J connectivity index is 1.97. The van der Waals surface area contributed by atoms with Crippen molar-refractivity contribution in [3.63, 3.8) is 0 Å². The minimum absolute atomic E-state index is 0.140. The molecule has 1 aromatic rings. The van der Waals surface area contributed by atoms with Crippen LogP contribution in [0.5, 0.6) is 0 Å². The Bertz CT molecular complexity index is 503. The van der Waals surface area contributed by atoms with E-state index in [1.165, 1.54) is 4.90 Å². The Kier molecular flexibility index (Phi) is 5.13. The Morgan fingerprint density at radius 3 is 1.86 bits per heavy atom. The summed E-state index contributed by atoms with van der Waals surface area (Å²) in [4.78, 5) is 25.9. The average Bonchev–Trinajstić information content (AvgIpc) is 2.67. The summed E-state index contributed by atoms with van der Waals surface area (Å²) in [6.45, 7) is 10.7. The lowest BCUT2D eigenvalue weighted by Gasteiger charge is -2.29. The summed E-state index contributed by atoms with van der Waals surface area (Å²) in [5, 5.41) is 0. The highest BCUT2D eigenvalue weighted by atomic mass is 28.3. The van der Waals surface area contributed by atoms with Crippen LogP contribution >= 0.6 is 0 Å². The molecule has 1 aromatic carbocycles. The molecule has 1 aliphatic rings. The van der Waals surface area contributed by atoms with Crippen LogP contribution in [0.15, 0.2) is 24.3 Å². The maximum absolute atomic E-state index is 12.3. The van der Waals surface area contributed by atoms with Crippen LogP contribution in [-0.2, 0) is 0 Å². The molecule has 0 fully saturated rings. The van der Waals surface area contributed by atoms with Crippen LogP contribution in [0.3, 0.4) is 0 Å². The number of rotatable bonds is 6. The van der Waals surface area contributed by atoms with E-state index in [9.17, 15) is 9.59 Å². The third kappa shape index (κ3) is 3.33. The van der Waals surface area contributed by atoms with Gasteiger partial charge in [-0.2, -0.15) is 0 Å². The quantitative estimate of drug-likeness (QED) is 0.597. The fourth-order valence-electron chi connectivity index (χ4n) is 2.72. The minimum Gasteiger partial charge on any atom is -0.347 e. The van der Waals surface area contributed by atoms with Crippen molar-refractivity contribution in [1.29, 1.82) is 0 Å². The molecule has 0 aromatic heterocycles. The van der Waals surface area contributed by atoms with E-state index in [0.29, 0.717) is 17.7 Å². The van der Waals surface area contributed by atoms with Crippen LogP contribution in [0.4, 0.5) is 0 Å². The summed E-state index contributed by atoms with van der Waals surface area (Å²) < 4.78 is 2.58. The molecule has 0 aliphatic carbocycles. The van der Waals surface area contributed by atoms with Gasteiger partial charge in [0.05, 0.1) is 11.1 Å². The van der Waals surface area contributed by atoms with Crippen molar-refractivity contribution in [2.24, 2.45) is 0 Å². The van der Waals surface area contributed by atoms with Crippen molar-refractivity contribution in [1.82, 2.24) is 9.13 Å². The molecule has 1 heterocycles. The predicted octanol–water partition coefficient (Wildman–Crippen LogP) is 2.48. The van der Waals surface area contributed by atoms with Gasteiger partial charge in [0.2, 0.25) is 0 Å². The molecule has 2 rings (SSSR count). The van der Waals surface area contributed by atoms with E-state index in [1.54, 1.807) is 24.3 Å². The van der Waals surface area contributed by atoms with Crippen molar-refractivity contribution in [3.05, 3.63) is 35.4 Å². The monoisotopic (exact) mass is 318 g/mol. The number of amides is 2. The Morgan fingerprint density at radius 1 is 0.952 bits per heavy atom. The number of benzene rings is 1. The summed E-state index contributed by atoms with van der Waals surface area (Å²) >= 11 is 0. The standard InChI is InChI=1S/C15H22N2O2Si2/c1-20(2)17(21(3)4)11-7-10-16-14(18)12-8-5-6-9-13(12)15(16)19/h5-6,8-9H,7,10-11H2,1-4H3. The Labute approximate surface area is 130 Å². The van der Waals surface area contributed by atoms with Crippen LogP contribution in [0.25, 0.3) is 0 Å². The number of carbonyl (C=O) groups excluding carboxylic acids is 2. The number of hydrogen-bond donors (Lipinski definition) is 0. The third-order valence-corrected chi connectivity index (χ3v) is 9.01. The number of fused-ring (bicyclic) bond motifs is 1. The molecule has 0 bridgehead atoms. The third-order valence-electron chi connectivity index (χ3n) is 3.72. The van der Waals surface area contributed by atoms with Gasteiger partial charge in [0.1, 0.15) is 17.9 Å². The number of hydrogen-bond acceptors (Lipinski definition) is 3. The summed E-state index contributed by atoms with van der Waals surface area (Å²) in [5.41, 5.74) is 1.09. The van der Waals surface area contributed by atoms with Crippen LogP contribution in [0, 0.1) is 0 Å². The maximum atomic E-state index is 12.3. The first kappa shape index (κ1) is 16.1. The smallest absolute Gasteiger partial charge is 0.261 e. The normalized spacial score (nSPS) is 14.7. The maximum Gasteiger partial charge on any atom is 0.261 e. The number of carbonyl (C=O) groups is 2. The summed E-state index contributed by atoms with van der Waals surface area (Å²) in [6.07, 6.45) is 0.858. The second-order valence-corrected chi connectivity index (χ2v) is 11.0. The molecule has 6 heteroatoms. The lowest BCUT2D eigenvalue weighted by molar-refractivity contribution is 0.0652. The molecular formula is C15H22N2O2Si2. The molecule has 0 unspecified atom stereocenters. The van der Waals surface area contributed by atoms with Gasteiger partial charge in [0.25, 0.3) is 11.8 Å². The van der Waals surface area contributed by atoms with Crippen molar-refractivity contribution < 1.29 is 9.59 Å². The first-order valence-electron chi connectivity index (χ1n) is 7.26. The molecule has 1 aliphatic heterocycles.